The third kappa shape index (κ3) is 4.71. The molecule has 1 aromatic rings. The Kier molecular flexibility index (Phi) is 7.34. The van der Waals surface area contributed by atoms with Crippen LogP contribution in [-0.4, -0.2) is 42.0 Å². The summed E-state index contributed by atoms with van der Waals surface area (Å²) in [4.78, 5) is 16.5. The van der Waals surface area contributed by atoms with Gasteiger partial charge in [0.2, 0.25) is 17.1 Å². The van der Waals surface area contributed by atoms with Gasteiger partial charge in [-0.15, -0.1) is 0 Å². The van der Waals surface area contributed by atoms with Crippen LogP contribution in [0.5, 0.6) is 5.75 Å². The molecule has 1 rings (SSSR count). The molecule has 122 valence electrons. The van der Waals surface area contributed by atoms with E-state index in [0.717, 1.165) is 10.5 Å². The lowest BCUT2D eigenvalue weighted by Gasteiger charge is -2.08. The molecule has 0 saturated carbocycles. The minimum Gasteiger partial charge on any atom is -0.475 e. The summed E-state index contributed by atoms with van der Waals surface area (Å²) in [6.07, 6.45) is 0.662. The lowest BCUT2D eigenvalue weighted by molar-refractivity contribution is -0.834. The van der Waals surface area contributed by atoms with E-state index in [9.17, 15) is 10.0 Å². The standard InChI is InChI=1S/C15H23N2O5/c1-5-11(3)17(19)15-12(16-20-4)8-7-9-13(15)22-10-14(18)21-6-2/h7-9,16,19H,5-6,10H2,1-4H3/q+1/p+1/b17-11+. The van der Waals surface area contributed by atoms with E-state index >= 15 is 0 Å². The van der Waals surface area contributed by atoms with Crippen LogP contribution in [0, 0.1) is 0 Å². The van der Waals surface area contributed by atoms with Gasteiger partial charge in [-0.25, -0.2) is 9.63 Å². The van der Waals surface area contributed by atoms with Gasteiger partial charge in [-0.2, -0.15) is 5.48 Å². The number of para-hydroxylation sites is 1. The summed E-state index contributed by atoms with van der Waals surface area (Å²) in [7, 11) is 1.52. The number of esters is 1. The minimum atomic E-state index is -0.463. The molecule has 0 aromatic heterocycles. The van der Waals surface area contributed by atoms with Crippen molar-refractivity contribution in [2.75, 3.05) is 20.3 Å². The zero-order valence-electron chi connectivity index (χ0n) is 13.5. The van der Waals surface area contributed by atoms with Crippen LogP contribution in [0.1, 0.15) is 27.2 Å². The maximum absolute atomic E-state index is 11.4. The van der Waals surface area contributed by atoms with Crippen molar-refractivity contribution in [1.82, 2.24) is 0 Å². The molecular weight excluding hydrogens is 288 g/mol. The first-order valence-corrected chi connectivity index (χ1v) is 7.13. The number of carbonyl (C=O) groups is 1. The SMILES string of the molecule is CCOC(=O)COc1cccc([NH2+]OC)c1/[N+](O)=C(/C)CC. The Morgan fingerprint density at radius 3 is 2.68 bits per heavy atom. The molecule has 0 amide bonds. The van der Waals surface area contributed by atoms with E-state index < -0.39 is 5.97 Å². The average Bonchev–Trinajstić information content (AvgIpc) is 2.52. The highest BCUT2D eigenvalue weighted by Gasteiger charge is 2.27. The quantitative estimate of drug-likeness (QED) is 0.189. The van der Waals surface area contributed by atoms with E-state index in [1.807, 2.05) is 6.92 Å². The number of ether oxygens (including phenoxy) is 2. The fraction of sp³-hybridized carbons (Fsp3) is 0.467. The molecule has 0 atom stereocenters. The van der Waals surface area contributed by atoms with Crippen molar-refractivity contribution >= 4 is 23.1 Å². The van der Waals surface area contributed by atoms with Gasteiger partial charge in [0, 0.05) is 24.1 Å². The molecule has 0 radical (unpaired) electrons. The van der Waals surface area contributed by atoms with E-state index in [2.05, 4.69) is 0 Å². The van der Waals surface area contributed by atoms with Crippen LogP contribution in [-0.2, 0) is 14.4 Å². The van der Waals surface area contributed by atoms with Gasteiger partial charge in [0.15, 0.2) is 6.61 Å². The minimum absolute atomic E-state index is 0.226. The Labute approximate surface area is 130 Å². The van der Waals surface area contributed by atoms with Crippen LogP contribution in [0.3, 0.4) is 0 Å². The lowest BCUT2D eigenvalue weighted by Crippen LogP contribution is -2.76. The Hall–Kier alpha value is -2.12. The molecular formula is C15H24N2O5+2. The molecule has 0 heterocycles. The molecule has 22 heavy (non-hydrogen) atoms. The van der Waals surface area contributed by atoms with Gasteiger partial charge in [0.1, 0.15) is 0 Å². The molecule has 0 unspecified atom stereocenters. The second-order valence-electron chi connectivity index (χ2n) is 4.54. The first-order chi connectivity index (χ1) is 10.5. The third-order valence-electron chi connectivity index (χ3n) is 3.01. The normalized spacial score (nSPS) is 11.8. The van der Waals surface area contributed by atoms with E-state index in [1.165, 1.54) is 12.6 Å². The number of carbonyl (C=O) groups excluding carboxylic acids is 1. The van der Waals surface area contributed by atoms with Gasteiger partial charge in [0.05, 0.1) is 13.7 Å². The highest BCUT2D eigenvalue weighted by molar-refractivity contribution is 5.79. The predicted octanol–water partition coefficient (Wildman–Crippen LogP) is 1.29. The number of rotatable bonds is 8. The molecule has 7 heteroatoms. The van der Waals surface area contributed by atoms with Gasteiger partial charge in [-0.05, 0) is 13.0 Å². The Morgan fingerprint density at radius 1 is 1.36 bits per heavy atom. The number of hydrogen-bond donors (Lipinski definition) is 2. The van der Waals surface area contributed by atoms with Crippen LogP contribution in [0.15, 0.2) is 18.2 Å². The topological polar surface area (TPSA) is 84.6 Å². The Morgan fingerprint density at radius 2 is 2.09 bits per heavy atom. The molecule has 7 nitrogen and oxygen atoms in total. The van der Waals surface area contributed by atoms with Crippen molar-refractivity contribution in [2.24, 2.45) is 0 Å². The van der Waals surface area contributed by atoms with Gasteiger partial charge in [-0.3, -0.25) is 5.21 Å². The first kappa shape index (κ1) is 17.9. The Balaban J connectivity index is 3.15. The first-order valence-electron chi connectivity index (χ1n) is 7.13. The van der Waals surface area contributed by atoms with Crippen LogP contribution in [0.25, 0.3) is 0 Å². The highest BCUT2D eigenvalue weighted by Crippen LogP contribution is 2.32. The van der Waals surface area contributed by atoms with Crippen molar-refractivity contribution < 1.29 is 34.5 Å². The Bertz CT molecular complexity index is 543. The van der Waals surface area contributed by atoms with Crippen LogP contribution >= 0.6 is 0 Å². The monoisotopic (exact) mass is 312 g/mol. The number of hydrogen-bond acceptors (Lipinski definition) is 5. The average molecular weight is 312 g/mol. The van der Waals surface area contributed by atoms with E-state index in [1.54, 1.807) is 32.0 Å². The van der Waals surface area contributed by atoms with Crippen LogP contribution in [0.4, 0.5) is 11.4 Å². The lowest BCUT2D eigenvalue weighted by atomic mass is 10.2. The van der Waals surface area contributed by atoms with Crippen LogP contribution < -0.4 is 10.2 Å². The van der Waals surface area contributed by atoms with Gasteiger partial charge >= 0.3 is 11.7 Å². The molecule has 0 saturated heterocycles. The summed E-state index contributed by atoms with van der Waals surface area (Å²) in [5.74, 6) is -0.0931. The molecule has 0 aliphatic carbocycles. The predicted molar refractivity (Wildman–Crippen MR) is 79.8 cm³/mol. The number of quaternary nitrogens is 1. The molecule has 0 aliphatic rings. The smallest absolute Gasteiger partial charge is 0.361 e. The summed E-state index contributed by atoms with van der Waals surface area (Å²) in [6, 6.07) is 5.21. The molecule has 3 N–H and O–H groups in total. The van der Waals surface area contributed by atoms with Crippen molar-refractivity contribution in [3.8, 4) is 5.75 Å². The maximum atomic E-state index is 11.4. The summed E-state index contributed by atoms with van der Waals surface area (Å²) in [5.41, 5.74) is 3.30. The second kappa shape index (κ2) is 9.01. The number of nitrogens with zero attached hydrogens (tertiary/aromatic N) is 1. The zero-order chi connectivity index (χ0) is 16.5. The molecule has 0 bridgehead atoms. The summed E-state index contributed by atoms with van der Waals surface area (Å²) < 4.78 is 11.4. The van der Waals surface area contributed by atoms with Gasteiger partial charge < -0.3 is 9.47 Å². The van der Waals surface area contributed by atoms with Crippen LogP contribution in [0.2, 0.25) is 0 Å². The van der Waals surface area contributed by atoms with E-state index in [0.29, 0.717) is 30.2 Å². The second-order valence-corrected chi connectivity index (χ2v) is 4.54. The van der Waals surface area contributed by atoms with Gasteiger partial charge in [0.25, 0.3) is 0 Å². The summed E-state index contributed by atoms with van der Waals surface area (Å²) >= 11 is 0. The van der Waals surface area contributed by atoms with Crippen molar-refractivity contribution in [2.45, 2.75) is 27.2 Å². The molecule has 1 aromatic carbocycles. The van der Waals surface area contributed by atoms with Gasteiger partial charge in [-0.1, -0.05) is 13.0 Å². The fourth-order valence-corrected chi connectivity index (χ4v) is 1.78. The maximum Gasteiger partial charge on any atom is 0.361 e. The largest absolute Gasteiger partial charge is 0.475 e. The summed E-state index contributed by atoms with van der Waals surface area (Å²) in [5, 5.41) is 10.4. The molecule has 0 aliphatic heterocycles. The number of benzene rings is 1. The van der Waals surface area contributed by atoms with Crippen molar-refractivity contribution in [3.63, 3.8) is 0 Å². The number of nitrogens with two attached hydrogens (primary N) is 1. The van der Waals surface area contributed by atoms with Crippen molar-refractivity contribution in [3.05, 3.63) is 18.2 Å². The van der Waals surface area contributed by atoms with E-state index in [4.69, 9.17) is 14.3 Å². The van der Waals surface area contributed by atoms with E-state index in [-0.39, 0.29) is 6.61 Å². The summed E-state index contributed by atoms with van der Waals surface area (Å²) in [6.45, 7) is 5.53. The van der Waals surface area contributed by atoms with Crippen molar-refractivity contribution in [1.29, 1.82) is 0 Å². The third-order valence-corrected chi connectivity index (χ3v) is 3.01. The fourth-order valence-electron chi connectivity index (χ4n) is 1.78. The highest BCUT2D eigenvalue weighted by atomic mass is 16.6. The zero-order valence-corrected chi connectivity index (χ0v) is 13.5. The molecule has 0 fully saturated rings. The molecule has 0 spiro atoms.